The zero-order valence-electron chi connectivity index (χ0n) is 12.9. The van der Waals surface area contributed by atoms with Crippen molar-refractivity contribution < 1.29 is 14.7 Å². The van der Waals surface area contributed by atoms with Crippen LogP contribution in [0.15, 0.2) is 24.3 Å². The summed E-state index contributed by atoms with van der Waals surface area (Å²) >= 11 is 0. The van der Waals surface area contributed by atoms with Crippen LogP contribution in [-0.4, -0.2) is 30.2 Å². The number of nitrogens with one attached hydrogen (secondary N) is 1. The summed E-state index contributed by atoms with van der Waals surface area (Å²) in [7, 11) is 0. The molecule has 0 aliphatic heterocycles. The molecule has 1 atom stereocenters. The van der Waals surface area contributed by atoms with E-state index < -0.39 is 11.9 Å². The number of rotatable bonds is 7. The molecule has 2 amide bonds. The SMILES string of the molecule is CCCC(CNC(=O)N(CC)c1cccc(C)c1)C(=O)O. The van der Waals surface area contributed by atoms with Crippen LogP contribution in [-0.2, 0) is 4.79 Å². The van der Waals surface area contributed by atoms with Gasteiger partial charge in [-0.25, -0.2) is 4.79 Å². The number of nitrogens with zero attached hydrogens (tertiary/aromatic N) is 1. The van der Waals surface area contributed by atoms with Crippen molar-refractivity contribution in [2.24, 2.45) is 5.92 Å². The molecule has 0 aliphatic carbocycles. The van der Waals surface area contributed by atoms with Gasteiger partial charge < -0.3 is 10.4 Å². The van der Waals surface area contributed by atoms with Gasteiger partial charge in [0.25, 0.3) is 0 Å². The Morgan fingerprint density at radius 2 is 2.05 bits per heavy atom. The monoisotopic (exact) mass is 292 g/mol. The second-order valence-corrected chi connectivity index (χ2v) is 5.09. The van der Waals surface area contributed by atoms with Crippen LogP contribution in [0.4, 0.5) is 10.5 Å². The standard InChI is InChI=1S/C16H24N2O3/c1-4-7-13(15(19)20)11-17-16(21)18(5-2)14-9-6-8-12(3)10-14/h6,8-10,13H,4-5,7,11H2,1-3H3,(H,17,21)(H,19,20). The Kier molecular flexibility index (Phi) is 6.72. The molecule has 1 unspecified atom stereocenters. The summed E-state index contributed by atoms with van der Waals surface area (Å²) in [5.41, 5.74) is 1.89. The molecule has 0 radical (unpaired) electrons. The third-order valence-electron chi connectivity index (χ3n) is 3.36. The van der Waals surface area contributed by atoms with Crippen LogP contribution in [0.25, 0.3) is 0 Å². The molecule has 1 rings (SSSR count). The molecule has 0 aliphatic rings. The van der Waals surface area contributed by atoms with Gasteiger partial charge in [0, 0.05) is 18.8 Å². The first kappa shape index (κ1) is 17.0. The molecule has 0 saturated carbocycles. The maximum absolute atomic E-state index is 12.2. The van der Waals surface area contributed by atoms with Gasteiger partial charge in [-0.3, -0.25) is 9.69 Å². The minimum absolute atomic E-state index is 0.157. The minimum atomic E-state index is -0.865. The van der Waals surface area contributed by atoms with Crippen LogP contribution < -0.4 is 10.2 Å². The third-order valence-corrected chi connectivity index (χ3v) is 3.36. The topological polar surface area (TPSA) is 69.6 Å². The van der Waals surface area contributed by atoms with Gasteiger partial charge in [-0.2, -0.15) is 0 Å². The van der Waals surface area contributed by atoms with E-state index in [0.29, 0.717) is 13.0 Å². The quantitative estimate of drug-likeness (QED) is 0.811. The minimum Gasteiger partial charge on any atom is -0.481 e. The van der Waals surface area contributed by atoms with E-state index in [4.69, 9.17) is 5.11 Å². The van der Waals surface area contributed by atoms with Crippen molar-refractivity contribution in [1.29, 1.82) is 0 Å². The Morgan fingerprint density at radius 3 is 2.57 bits per heavy atom. The maximum Gasteiger partial charge on any atom is 0.321 e. The summed E-state index contributed by atoms with van der Waals surface area (Å²) in [6.07, 6.45) is 1.34. The number of urea groups is 1. The lowest BCUT2D eigenvalue weighted by Crippen LogP contribution is -2.43. The average Bonchev–Trinajstić information content (AvgIpc) is 2.44. The van der Waals surface area contributed by atoms with E-state index in [1.807, 2.05) is 45.0 Å². The molecule has 0 fully saturated rings. The molecule has 116 valence electrons. The maximum atomic E-state index is 12.2. The van der Waals surface area contributed by atoms with Crippen LogP contribution in [0.5, 0.6) is 0 Å². The number of carbonyl (C=O) groups excluding carboxylic acids is 1. The lowest BCUT2D eigenvalue weighted by Gasteiger charge is -2.23. The second kappa shape index (κ2) is 8.29. The summed E-state index contributed by atoms with van der Waals surface area (Å²) in [4.78, 5) is 24.9. The van der Waals surface area contributed by atoms with Crippen molar-refractivity contribution in [2.75, 3.05) is 18.0 Å². The lowest BCUT2D eigenvalue weighted by molar-refractivity contribution is -0.141. The molecule has 2 N–H and O–H groups in total. The molecule has 0 aromatic heterocycles. The molecule has 5 nitrogen and oxygen atoms in total. The Labute approximate surface area is 126 Å². The summed E-state index contributed by atoms with van der Waals surface area (Å²) in [5, 5.41) is 11.8. The number of hydrogen-bond donors (Lipinski definition) is 2. The Bertz CT molecular complexity index is 488. The van der Waals surface area contributed by atoms with Crippen LogP contribution in [0.1, 0.15) is 32.3 Å². The zero-order chi connectivity index (χ0) is 15.8. The first-order chi connectivity index (χ1) is 9.99. The van der Waals surface area contributed by atoms with Crippen molar-refractivity contribution in [1.82, 2.24) is 5.32 Å². The summed E-state index contributed by atoms with van der Waals surface area (Å²) in [5.74, 6) is -1.40. The van der Waals surface area contributed by atoms with Crippen LogP contribution in [0.3, 0.4) is 0 Å². The van der Waals surface area contributed by atoms with Gasteiger partial charge in [0.05, 0.1) is 5.92 Å². The highest BCUT2D eigenvalue weighted by atomic mass is 16.4. The van der Waals surface area contributed by atoms with Gasteiger partial charge in [0.15, 0.2) is 0 Å². The summed E-state index contributed by atoms with van der Waals surface area (Å²) < 4.78 is 0. The van der Waals surface area contributed by atoms with Gasteiger partial charge in [-0.05, 0) is 38.0 Å². The van der Waals surface area contributed by atoms with Crippen molar-refractivity contribution in [3.63, 3.8) is 0 Å². The van der Waals surface area contributed by atoms with Gasteiger partial charge in [0.2, 0.25) is 0 Å². The van der Waals surface area contributed by atoms with E-state index >= 15 is 0 Å². The predicted molar refractivity (Wildman–Crippen MR) is 83.6 cm³/mol. The van der Waals surface area contributed by atoms with E-state index in [2.05, 4.69) is 5.32 Å². The molecule has 1 aromatic carbocycles. The number of amides is 2. The van der Waals surface area contributed by atoms with Gasteiger partial charge in [-0.15, -0.1) is 0 Å². The third kappa shape index (κ3) is 5.10. The molecule has 1 aromatic rings. The fraction of sp³-hybridized carbons (Fsp3) is 0.500. The Hall–Kier alpha value is -2.04. The number of aryl methyl sites for hydroxylation is 1. The highest BCUT2D eigenvalue weighted by Gasteiger charge is 2.19. The average molecular weight is 292 g/mol. The summed E-state index contributed by atoms with van der Waals surface area (Å²) in [6, 6.07) is 7.42. The summed E-state index contributed by atoms with van der Waals surface area (Å²) in [6.45, 7) is 6.48. The fourth-order valence-corrected chi connectivity index (χ4v) is 2.21. The van der Waals surface area contributed by atoms with E-state index in [1.54, 1.807) is 4.90 Å². The van der Waals surface area contributed by atoms with E-state index in [-0.39, 0.29) is 12.6 Å². The van der Waals surface area contributed by atoms with Crippen molar-refractivity contribution in [3.8, 4) is 0 Å². The van der Waals surface area contributed by atoms with Crippen molar-refractivity contribution in [2.45, 2.75) is 33.6 Å². The van der Waals surface area contributed by atoms with E-state index in [1.165, 1.54) is 0 Å². The lowest BCUT2D eigenvalue weighted by atomic mass is 10.0. The number of benzene rings is 1. The Balaban J connectivity index is 2.69. The number of carbonyl (C=O) groups is 2. The largest absolute Gasteiger partial charge is 0.481 e. The normalized spacial score (nSPS) is 11.8. The number of hydrogen-bond acceptors (Lipinski definition) is 2. The molecule has 5 heteroatoms. The zero-order valence-corrected chi connectivity index (χ0v) is 12.9. The van der Waals surface area contributed by atoms with Crippen LogP contribution in [0, 0.1) is 12.8 Å². The number of carboxylic acid groups (broad SMARTS) is 1. The molecule has 0 bridgehead atoms. The van der Waals surface area contributed by atoms with Gasteiger partial charge >= 0.3 is 12.0 Å². The number of aliphatic carboxylic acids is 1. The van der Waals surface area contributed by atoms with Gasteiger partial charge in [0.1, 0.15) is 0 Å². The predicted octanol–water partition coefficient (Wildman–Crippen LogP) is 3.03. The van der Waals surface area contributed by atoms with Crippen molar-refractivity contribution >= 4 is 17.7 Å². The number of carboxylic acids is 1. The molecule has 0 saturated heterocycles. The fourth-order valence-electron chi connectivity index (χ4n) is 2.21. The van der Waals surface area contributed by atoms with E-state index in [0.717, 1.165) is 17.7 Å². The molecular weight excluding hydrogens is 268 g/mol. The second-order valence-electron chi connectivity index (χ2n) is 5.09. The van der Waals surface area contributed by atoms with Gasteiger partial charge in [-0.1, -0.05) is 25.5 Å². The van der Waals surface area contributed by atoms with E-state index in [9.17, 15) is 9.59 Å². The smallest absolute Gasteiger partial charge is 0.321 e. The molecule has 0 spiro atoms. The highest BCUT2D eigenvalue weighted by molar-refractivity contribution is 5.92. The first-order valence-corrected chi connectivity index (χ1v) is 7.34. The number of anilines is 1. The Morgan fingerprint density at radius 1 is 1.33 bits per heavy atom. The molecule has 21 heavy (non-hydrogen) atoms. The molecular formula is C16H24N2O3. The molecule has 0 heterocycles. The van der Waals surface area contributed by atoms with Crippen LogP contribution >= 0.6 is 0 Å². The highest BCUT2D eigenvalue weighted by Crippen LogP contribution is 2.16. The van der Waals surface area contributed by atoms with Crippen LogP contribution in [0.2, 0.25) is 0 Å². The first-order valence-electron chi connectivity index (χ1n) is 7.34. The van der Waals surface area contributed by atoms with Crippen molar-refractivity contribution in [3.05, 3.63) is 29.8 Å².